The Morgan fingerprint density at radius 2 is 1.54 bits per heavy atom. The van der Waals surface area contributed by atoms with E-state index in [9.17, 15) is 62.4 Å². The fourth-order valence-corrected chi connectivity index (χ4v) is 9.24. The monoisotopic (exact) mass is 986 g/mol. The van der Waals surface area contributed by atoms with Crippen LogP contribution in [0, 0.1) is 11.7 Å². The standard InChI is InChI=1S/C45H59FN8O14S/c1-21(2)14-32(44(63)50-23(4)42(61)51-26-12-13-53(19-26)34-16-33-29(15-31(34)46)38(57)30(45(64)65)20-54(33)27-8-9-27)52-36(55)18-47-41(60)22(3)49-43(62)25-6-10-28(11-7-25)69(66,67)48-17-35-39(58)40(59)37(56)24(5)68-35/h6-7,10-11,15-16,20-24,26-27,32,35,37,39-40,48,56,58-59H,8-9,12-14,17-19H2,1-5H3,(H,47,60)(H,49,62)(H,50,63)(H,51,61)(H,52,55)(H,64,65)/t22-,23-,24-,26-,32-,35+,37+,39+,40+/m0/s1. The van der Waals surface area contributed by atoms with Crippen LogP contribution in [0.3, 0.4) is 0 Å². The van der Waals surface area contributed by atoms with Gasteiger partial charge in [-0.2, -0.15) is 0 Å². The summed E-state index contributed by atoms with van der Waals surface area (Å²) in [5, 5.41) is 52.5. The number of nitrogens with zero attached hydrogens (tertiary/aromatic N) is 2. The first-order valence-electron chi connectivity index (χ1n) is 22.6. The van der Waals surface area contributed by atoms with Crippen molar-refractivity contribution in [2.24, 2.45) is 5.92 Å². The molecule has 3 aliphatic rings. The number of aliphatic hydroxyl groups excluding tert-OH is 3. The van der Waals surface area contributed by atoms with E-state index >= 15 is 4.39 Å². The molecule has 6 rings (SSSR count). The topological polar surface area (TPSA) is 324 Å². The van der Waals surface area contributed by atoms with E-state index in [1.54, 1.807) is 9.47 Å². The maximum atomic E-state index is 15.5. The molecule has 2 aromatic carbocycles. The minimum absolute atomic E-state index is 0.00227. The third-order valence-corrected chi connectivity index (χ3v) is 13.7. The van der Waals surface area contributed by atoms with Gasteiger partial charge >= 0.3 is 5.97 Å². The number of hydrogen-bond donors (Lipinski definition) is 10. The van der Waals surface area contributed by atoms with Crippen LogP contribution in [0.1, 0.15) is 87.1 Å². The molecule has 24 heteroatoms. The number of carboxylic acid groups (broad SMARTS) is 1. The Kier molecular flexibility index (Phi) is 16.5. The number of benzene rings is 2. The molecule has 69 heavy (non-hydrogen) atoms. The van der Waals surface area contributed by atoms with Crippen molar-refractivity contribution in [2.75, 3.05) is 31.1 Å². The molecule has 5 amide bonds. The number of carboxylic acids is 1. The normalized spacial score (nSPS) is 22.9. The van der Waals surface area contributed by atoms with Crippen molar-refractivity contribution in [3.63, 3.8) is 0 Å². The number of sulfonamides is 1. The number of rotatable bonds is 19. The predicted octanol–water partition coefficient (Wildman–Crippen LogP) is -1.01. The highest BCUT2D eigenvalue weighted by Crippen LogP contribution is 2.38. The number of aromatic carboxylic acids is 1. The van der Waals surface area contributed by atoms with Gasteiger partial charge in [0, 0.05) is 48.9 Å². The van der Waals surface area contributed by atoms with Gasteiger partial charge in [0.1, 0.15) is 53.9 Å². The summed E-state index contributed by atoms with van der Waals surface area (Å²) in [6.07, 6.45) is -2.98. The fourth-order valence-electron chi connectivity index (χ4n) is 8.19. The number of aliphatic hydroxyl groups is 3. The first kappa shape index (κ1) is 52.3. The summed E-state index contributed by atoms with van der Waals surface area (Å²) in [5.74, 6) is -5.61. The van der Waals surface area contributed by atoms with Gasteiger partial charge in [-0.1, -0.05) is 13.8 Å². The molecule has 3 fully saturated rings. The fraction of sp³-hybridized carbons (Fsp3) is 0.533. The van der Waals surface area contributed by atoms with E-state index in [4.69, 9.17) is 4.74 Å². The minimum atomic E-state index is -4.17. The van der Waals surface area contributed by atoms with Crippen molar-refractivity contribution in [3.8, 4) is 0 Å². The van der Waals surface area contributed by atoms with Gasteiger partial charge in [-0.25, -0.2) is 22.3 Å². The van der Waals surface area contributed by atoms with Crippen molar-refractivity contribution in [1.29, 1.82) is 0 Å². The summed E-state index contributed by atoms with van der Waals surface area (Å²) in [6.45, 7) is 7.48. The van der Waals surface area contributed by atoms with Gasteiger partial charge < -0.3 is 61.2 Å². The summed E-state index contributed by atoms with van der Waals surface area (Å²) >= 11 is 0. The molecule has 376 valence electrons. The second kappa shape index (κ2) is 21.7. The van der Waals surface area contributed by atoms with E-state index in [1.165, 1.54) is 45.2 Å². The first-order chi connectivity index (χ1) is 32.4. The van der Waals surface area contributed by atoms with E-state index in [0.29, 0.717) is 18.5 Å². The maximum Gasteiger partial charge on any atom is 0.341 e. The van der Waals surface area contributed by atoms with Crippen LogP contribution >= 0.6 is 0 Å². The van der Waals surface area contributed by atoms with Crippen LogP contribution in [0.25, 0.3) is 10.9 Å². The maximum absolute atomic E-state index is 15.5. The number of carbonyl (C=O) groups excluding carboxylic acids is 5. The number of pyridine rings is 1. The number of ether oxygens (including phenoxy) is 1. The smallest absolute Gasteiger partial charge is 0.341 e. The van der Waals surface area contributed by atoms with Crippen LogP contribution in [0.5, 0.6) is 0 Å². The van der Waals surface area contributed by atoms with Crippen molar-refractivity contribution < 1.29 is 66.7 Å². The largest absolute Gasteiger partial charge is 0.477 e. The second-order valence-electron chi connectivity index (χ2n) is 18.2. The summed E-state index contributed by atoms with van der Waals surface area (Å²) in [4.78, 5) is 91.6. The van der Waals surface area contributed by atoms with E-state index in [-0.39, 0.29) is 46.5 Å². The van der Waals surface area contributed by atoms with Gasteiger partial charge in [-0.3, -0.25) is 28.8 Å². The Bertz CT molecular complexity index is 2630. The van der Waals surface area contributed by atoms with Gasteiger partial charge in [0.25, 0.3) is 5.91 Å². The number of anilines is 1. The molecule has 9 atom stereocenters. The van der Waals surface area contributed by atoms with Crippen molar-refractivity contribution in [1.82, 2.24) is 35.9 Å². The molecule has 1 aromatic heterocycles. The zero-order valence-electron chi connectivity index (χ0n) is 38.6. The summed E-state index contributed by atoms with van der Waals surface area (Å²) in [5.41, 5.74) is -0.602. The lowest BCUT2D eigenvalue weighted by atomic mass is 9.96. The van der Waals surface area contributed by atoms with Crippen LogP contribution in [-0.2, 0) is 33.9 Å². The van der Waals surface area contributed by atoms with E-state index in [2.05, 4.69) is 31.3 Å². The average Bonchev–Trinajstić information content (AvgIpc) is 4.04. The Morgan fingerprint density at radius 3 is 2.17 bits per heavy atom. The average molecular weight is 987 g/mol. The number of carbonyl (C=O) groups is 6. The second-order valence-corrected chi connectivity index (χ2v) is 20.0. The van der Waals surface area contributed by atoms with Crippen LogP contribution in [0.15, 0.2) is 52.3 Å². The minimum Gasteiger partial charge on any atom is -0.477 e. The van der Waals surface area contributed by atoms with Crippen molar-refractivity contribution in [2.45, 2.75) is 126 Å². The van der Waals surface area contributed by atoms with E-state index in [1.807, 2.05) is 13.8 Å². The number of fused-ring (bicyclic) bond motifs is 1. The predicted molar refractivity (Wildman–Crippen MR) is 245 cm³/mol. The zero-order chi connectivity index (χ0) is 50.6. The molecular weight excluding hydrogens is 928 g/mol. The van der Waals surface area contributed by atoms with Crippen molar-refractivity contribution >= 4 is 62.1 Å². The lowest BCUT2D eigenvalue weighted by Crippen LogP contribution is -2.59. The Morgan fingerprint density at radius 1 is 0.870 bits per heavy atom. The van der Waals surface area contributed by atoms with Crippen LogP contribution in [0.4, 0.5) is 10.1 Å². The molecule has 22 nitrogen and oxygen atoms in total. The molecule has 10 N–H and O–H groups in total. The van der Waals surface area contributed by atoms with E-state index < -0.39 is 130 Å². The zero-order valence-corrected chi connectivity index (χ0v) is 39.4. The summed E-state index contributed by atoms with van der Waals surface area (Å²) in [6, 6.07) is 3.51. The van der Waals surface area contributed by atoms with Crippen LogP contribution < -0.4 is 41.6 Å². The highest BCUT2D eigenvalue weighted by molar-refractivity contribution is 7.89. The molecule has 2 saturated heterocycles. The van der Waals surface area contributed by atoms with Crippen LogP contribution in [0.2, 0.25) is 0 Å². The Balaban J connectivity index is 0.954. The quantitative estimate of drug-likeness (QED) is 0.0688. The number of nitrogens with one attached hydrogen (secondary N) is 6. The summed E-state index contributed by atoms with van der Waals surface area (Å²) in [7, 11) is -4.17. The highest BCUT2D eigenvalue weighted by Gasteiger charge is 2.42. The third-order valence-electron chi connectivity index (χ3n) is 12.3. The SMILES string of the molecule is CC(C)C[C@H](NC(=O)CNC(=O)[C@H](C)NC(=O)c1ccc(S(=O)(=O)NC[C@H]2O[C@@H](C)[C@@H](O)[C@@H](O)[C@@H]2O)cc1)C(=O)N[C@@H](C)C(=O)N[C@H]1CCN(c2cc3c(cc2F)c(=O)c(C(=O)O)cn3C2CC2)C1. The Hall–Kier alpha value is -6.05. The molecule has 0 bridgehead atoms. The Labute approximate surface area is 396 Å². The third kappa shape index (κ3) is 12.6. The van der Waals surface area contributed by atoms with Gasteiger partial charge in [0.15, 0.2) is 0 Å². The van der Waals surface area contributed by atoms with Gasteiger partial charge in [-0.15, -0.1) is 0 Å². The summed E-state index contributed by atoms with van der Waals surface area (Å²) < 4.78 is 50.7. The number of halogens is 1. The molecule has 0 radical (unpaired) electrons. The van der Waals surface area contributed by atoms with Gasteiger partial charge in [0.05, 0.1) is 28.7 Å². The van der Waals surface area contributed by atoms with E-state index in [0.717, 1.165) is 31.0 Å². The molecule has 0 unspecified atom stereocenters. The number of hydrogen-bond acceptors (Lipinski definition) is 14. The highest BCUT2D eigenvalue weighted by atomic mass is 32.2. The van der Waals surface area contributed by atoms with Gasteiger partial charge in [-0.05, 0) is 88.8 Å². The van der Waals surface area contributed by atoms with Crippen LogP contribution in [-0.4, -0.2) is 150 Å². The molecular formula is C45H59FN8O14S. The molecule has 1 saturated carbocycles. The number of amides is 5. The molecule has 1 aliphatic carbocycles. The molecule has 3 heterocycles. The molecule has 3 aromatic rings. The lowest BCUT2D eigenvalue weighted by molar-refractivity contribution is -0.214. The van der Waals surface area contributed by atoms with Gasteiger partial charge in [0.2, 0.25) is 39.1 Å². The lowest BCUT2D eigenvalue weighted by Gasteiger charge is -2.39. The first-order valence-corrected chi connectivity index (χ1v) is 24.1. The van der Waals surface area contributed by atoms with Crippen molar-refractivity contribution in [3.05, 3.63) is 69.8 Å². The molecule has 0 spiro atoms. The number of aromatic nitrogens is 1. The molecule has 2 aliphatic heterocycles.